The first kappa shape index (κ1) is 23.1. The van der Waals surface area contributed by atoms with Gasteiger partial charge in [0.2, 0.25) is 17.7 Å². The molecule has 3 unspecified atom stereocenters. The Kier molecular flexibility index (Phi) is 6.70. The van der Waals surface area contributed by atoms with Crippen LogP contribution < -0.4 is 5.32 Å². The summed E-state index contributed by atoms with van der Waals surface area (Å²) in [5.74, 6) is -0.520. The van der Waals surface area contributed by atoms with Crippen molar-refractivity contribution in [1.29, 1.82) is 0 Å². The van der Waals surface area contributed by atoms with Crippen molar-refractivity contribution in [3.8, 4) is 11.3 Å². The second-order valence-electron chi connectivity index (χ2n) is 8.93. The van der Waals surface area contributed by atoms with Gasteiger partial charge in [-0.15, -0.1) is 11.3 Å². The third kappa shape index (κ3) is 4.36. The summed E-state index contributed by atoms with van der Waals surface area (Å²) in [5.41, 5.74) is 1.76. The van der Waals surface area contributed by atoms with E-state index in [0.29, 0.717) is 17.3 Å². The zero-order valence-electron chi connectivity index (χ0n) is 19.0. The van der Waals surface area contributed by atoms with Crippen LogP contribution in [0.1, 0.15) is 32.1 Å². The highest BCUT2D eigenvalue weighted by molar-refractivity contribution is 7.98. The molecule has 0 radical (unpaired) electrons. The number of nitrogens with one attached hydrogen (secondary N) is 1. The van der Waals surface area contributed by atoms with Crippen LogP contribution in [0.4, 0.5) is 5.13 Å². The maximum Gasteiger partial charge on any atom is 0.249 e. The number of thioether (sulfide) groups is 1. The predicted octanol–water partition coefficient (Wildman–Crippen LogP) is 5.20. The topological polar surface area (TPSA) is 79.4 Å². The number of likely N-dealkylation sites (tertiary alicyclic amines) is 1. The average Bonchev–Trinajstić information content (AvgIpc) is 3.42. The molecule has 2 aliphatic rings. The lowest BCUT2D eigenvalue weighted by molar-refractivity contribution is -0.146. The maximum absolute atomic E-state index is 13.3. The lowest BCUT2D eigenvalue weighted by Crippen LogP contribution is -2.48. The molecule has 1 aromatic heterocycles. The summed E-state index contributed by atoms with van der Waals surface area (Å²) in [5, 5.41) is 7.56. The maximum atomic E-state index is 13.3. The van der Waals surface area contributed by atoms with Crippen LogP contribution in [0, 0.1) is 11.8 Å². The van der Waals surface area contributed by atoms with Crippen molar-refractivity contribution in [2.24, 2.45) is 11.8 Å². The Morgan fingerprint density at radius 2 is 1.82 bits per heavy atom. The van der Waals surface area contributed by atoms with Crippen molar-refractivity contribution in [1.82, 2.24) is 9.88 Å². The molecule has 0 bridgehead atoms. The van der Waals surface area contributed by atoms with Crippen molar-refractivity contribution >= 4 is 56.7 Å². The fraction of sp³-hybridized carbons (Fsp3) is 0.385. The van der Waals surface area contributed by atoms with Crippen LogP contribution in [0.25, 0.3) is 22.0 Å². The number of aromatic nitrogens is 1. The van der Waals surface area contributed by atoms with E-state index >= 15 is 0 Å². The summed E-state index contributed by atoms with van der Waals surface area (Å²) in [6, 6.07) is 13.5. The Morgan fingerprint density at radius 1 is 1.12 bits per heavy atom. The lowest BCUT2D eigenvalue weighted by Gasteiger charge is -2.25. The molecule has 2 aromatic carbocycles. The van der Waals surface area contributed by atoms with Crippen LogP contribution in [-0.2, 0) is 14.4 Å². The minimum absolute atomic E-state index is 0.174. The van der Waals surface area contributed by atoms with Gasteiger partial charge in [-0.2, -0.15) is 11.8 Å². The van der Waals surface area contributed by atoms with E-state index in [4.69, 9.17) is 0 Å². The summed E-state index contributed by atoms with van der Waals surface area (Å²) in [6.07, 6.45) is 5.80. The monoisotopic (exact) mass is 493 g/mol. The molecule has 3 aromatic rings. The third-order valence-electron chi connectivity index (χ3n) is 6.86. The SMILES string of the molecule is CSCCC(C(=O)Nc1nc(-c2ccc3ccccc3c2)cs1)N1C(=O)C2CCCCC2C1=O. The molecule has 2 heterocycles. The molecule has 1 saturated heterocycles. The van der Waals surface area contributed by atoms with Crippen molar-refractivity contribution in [2.75, 3.05) is 17.3 Å². The number of hydrogen-bond donors (Lipinski definition) is 1. The minimum Gasteiger partial charge on any atom is -0.300 e. The number of carbonyl (C=O) groups is 3. The van der Waals surface area contributed by atoms with Gasteiger partial charge in [-0.3, -0.25) is 19.3 Å². The number of benzene rings is 2. The van der Waals surface area contributed by atoms with Gasteiger partial charge in [-0.05, 0) is 48.1 Å². The molecule has 2 fully saturated rings. The number of fused-ring (bicyclic) bond motifs is 2. The van der Waals surface area contributed by atoms with Crippen LogP contribution in [0.3, 0.4) is 0 Å². The molecule has 0 spiro atoms. The number of hydrogen-bond acceptors (Lipinski definition) is 6. The Balaban J connectivity index is 1.35. The molecule has 6 nitrogen and oxygen atoms in total. The van der Waals surface area contributed by atoms with Gasteiger partial charge < -0.3 is 5.32 Å². The quantitative estimate of drug-likeness (QED) is 0.458. The Bertz CT molecular complexity index is 1220. The molecule has 1 N–H and O–H groups in total. The number of amides is 3. The van der Waals surface area contributed by atoms with Gasteiger partial charge in [0.25, 0.3) is 0 Å². The predicted molar refractivity (Wildman–Crippen MR) is 138 cm³/mol. The van der Waals surface area contributed by atoms with Gasteiger partial charge in [0.1, 0.15) is 6.04 Å². The number of rotatable bonds is 7. The summed E-state index contributed by atoms with van der Waals surface area (Å²) in [7, 11) is 0. The summed E-state index contributed by atoms with van der Waals surface area (Å²) in [4.78, 5) is 45.4. The van der Waals surface area contributed by atoms with Crippen LogP contribution >= 0.6 is 23.1 Å². The zero-order chi connectivity index (χ0) is 23.7. The van der Waals surface area contributed by atoms with E-state index < -0.39 is 6.04 Å². The number of carbonyl (C=O) groups excluding carboxylic acids is 3. The molecule has 5 rings (SSSR count). The molecule has 3 atom stereocenters. The van der Waals surface area contributed by atoms with E-state index in [1.54, 1.807) is 11.8 Å². The Hall–Kier alpha value is -2.71. The second kappa shape index (κ2) is 9.88. The second-order valence-corrected chi connectivity index (χ2v) is 10.8. The molecule has 1 aliphatic carbocycles. The molecule has 1 saturated carbocycles. The highest BCUT2D eigenvalue weighted by atomic mass is 32.2. The van der Waals surface area contributed by atoms with E-state index in [9.17, 15) is 14.4 Å². The van der Waals surface area contributed by atoms with E-state index in [1.807, 2.05) is 29.8 Å². The van der Waals surface area contributed by atoms with Gasteiger partial charge in [0.05, 0.1) is 17.5 Å². The van der Waals surface area contributed by atoms with E-state index in [-0.39, 0.29) is 29.6 Å². The van der Waals surface area contributed by atoms with Crippen molar-refractivity contribution in [3.05, 3.63) is 47.8 Å². The lowest BCUT2D eigenvalue weighted by atomic mass is 9.81. The molecular weight excluding hydrogens is 466 g/mol. The van der Waals surface area contributed by atoms with E-state index in [2.05, 4.69) is 34.6 Å². The van der Waals surface area contributed by atoms with Crippen LogP contribution in [0.15, 0.2) is 47.8 Å². The Labute approximate surface area is 207 Å². The van der Waals surface area contributed by atoms with Gasteiger partial charge >= 0.3 is 0 Å². The first-order valence-corrected chi connectivity index (χ1v) is 14.0. The van der Waals surface area contributed by atoms with Gasteiger partial charge in [-0.25, -0.2) is 4.98 Å². The first-order valence-electron chi connectivity index (χ1n) is 11.7. The number of imide groups is 1. The van der Waals surface area contributed by atoms with Crippen molar-refractivity contribution in [2.45, 2.75) is 38.1 Å². The molecule has 1 aliphatic heterocycles. The number of thiazole rings is 1. The van der Waals surface area contributed by atoms with Crippen LogP contribution in [0.5, 0.6) is 0 Å². The highest BCUT2D eigenvalue weighted by Crippen LogP contribution is 2.39. The van der Waals surface area contributed by atoms with Crippen molar-refractivity contribution < 1.29 is 14.4 Å². The van der Waals surface area contributed by atoms with Crippen LogP contribution in [-0.4, -0.2) is 45.7 Å². The molecule has 8 heteroatoms. The van der Waals surface area contributed by atoms with Gasteiger partial charge in [0, 0.05) is 10.9 Å². The third-order valence-corrected chi connectivity index (χ3v) is 8.27. The molecule has 176 valence electrons. The smallest absolute Gasteiger partial charge is 0.249 e. The largest absolute Gasteiger partial charge is 0.300 e. The molecule has 34 heavy (non-hydrogen) atoms. The normalized spacial score (nSPS) is 21.0. The fourth-order valence-corrected chi connectivity index (χ4v) is 6.28. The zero-order valence-corrected chi connectivity index (χ0v) is 20.7. The molecular formula is C26H27N3O3S2. The summed E-state index contributed by atoms with van der Waals surface area (Å²) in [6.45, 7) is 0. The summed E-state index contributed by atoms with van der Waals surface area (Å²) < 4.78 is 0. The minimum atomic E-state index is -0.800. The standard InChI is InChI=1S/C26H27N3O3S2/c1-33-13-12-22(29-24(31)19-8-4-5-9-20(19)25(29)32)23(30)28-26-27-21(15-34-26)18-11-10-16-6-2-3-7-17(16)14-18/h2-3,6-7,10-11,14-15,19-20,22H,4-5,8-9,12-13H2,1H3,(H,27,28,30). The first-order chi connectivity index (χ1) is 16.6. The number of anilines is 1. The average molecular weight is 494 g/mol. The molecule has 3 amide bonds. The van der Waals surface area contributed by atoms with E-state index in [1.165, 1.54) is 16.2 Å². The van der Waals surface area contributed by atoms with Gasteiger partial charge in [-0.1, -0.05) is 49.2 Å². The Morgan fingerprint density at radius 3 is 2.53 bits per heavy atom. The van der Waals surface area contributed by atoms with Crippen LogP contribution in [0.2, 0.25) is 0 Å². The summed E-state index contributed by atoms with van der Waals surface area (Å²) >= 11 is 2.95. The van der Waals surface area contributed by atoms with E-state index in [0.717, 1.165) is 47.7 Å². The number of nitrogens with zero attached hydrogens (tertiary/aromatic N) is 2. The highest BCUT2D eigenvalue weighted by Gasteiger charge is 2.51. The fourth-order valence-electron chi connectivity index (χ4n) is 5.10. The van der Waals surface area contributed by atoms with Gasteiger partial charge in [0.15, 0.2) is 5.13 Å². The van der Waals surface area contributed by atoms with Crippen molar-refractivity contribution in [3.63, 3.8) is 0 Å².